The SMILES string of the molecule is COc1cc([C@@H](O)[C@@H](CC2Cc3ccccc3C2)Cn2cc(CCC(=O)O)cn2)cc(OC)c1C. The molecule has 1 aliphatic carbocycles. The molecule has 0 aliphatic heterocycles. The van der Waals surface area contributed by atoms with Crippen LogP contribution >= 0.6 is 0 Å². The first-order valence-electron chi connectivity index (χ1n) is 12.1. The number of ether oxygens (including phenoxy) is 2. The summed E-state index contributed by atoms with van der Waals surface area (Å²) in [5.74, 6) is 0.872. The predicted molar refractivity (Wildman–Crippen MR) is 133 cm³/mol. The van der Waals surface area contributed by atoms with Crippen LogP contribution in [0.2, 0.25) is 0 Å². The van der Waals surface area contributed by atoms with Crippen molar-refractivity contribution < 1.29 is 24.5 Å². The fourth-order valence-electron chi connectivity index (χ4n) is 5.22. The molecule has 3 aromatic rings. The molecule has 2 aromatic carbocycles. The summed E-state index contributed by atoms with van der Waals surface area (Å²) < 4.78 is 12.9. The van der Waals surface area contributed by atoms with Crippen LogP contribution in [0.15, 0.2) is 48.8 Å². The molecule has 1 heterocycles. The van der Waals surface area contributed by atoms with Crippen molar-refractivity contribution in [2.75, 3.05) is 14.2 Å². The molecule has 4 rings (SSSR count). The third kappa shape index (κ3) is 5.85. The number of hydrogen-bond acceptors (Lipinski definition) is 5. The number of aliphatic hydroxyl groups excluding tert-OH is 1. The molecule has 7 nitrogen and oxygen atoms in total. The van der Waals surface area contributed by atoms with Crippen LogP contribution in [0, 0.1) is 18.8 Å². The maximum atomic E-state index is 11.6. The van der Waals surface area contributed by atoms with Crippen LogP contribution < -0.4 is 9.47 Å². The van der Waals surface area contributed by atoms with Gasteiger partial charge in [0.15, 0.2) is 0 Å². The number of benzene rings is 2. The van der Waals surface area contributed by atoms with Gasteiger partial charge in [0.25, 0.3) is 0 Å². The van der Waals surface area contributed by atoms with Crippen molar-refractivity contribution in [3.63, 3.8) is 0 Å². The van der Waals surface area contributed by atoms with Crippen LogP contribution in [0.5, 0.6) is 11.5 Å². The Morgan fingerprint density at radius 2 is 1.77 bits per heavy atom. The quantitative estimate of drug-likeness (QED) is 0.425. The number of carboxylic acid groups (broad SMARTS) is 1. The summed E-state index contributed by atoms with van der Waals surface area (Å²) in [4.78, 5) is 10.9. The van der Waals surface area contributed by atoms with E-state index in [9.17, 15) is 9.90 Å². The number of hydrogen-bond donors (Lipinski definition) is 2. The Balaban J connectivity index is 1.58. The van der Waals surface area contributed by atoms with Crippen LogP contribution in [0.1, 0.15) is 46.8 Å². The molecule has 7 heteroatoms. The maximum Gasteiger partial charge on any atom is 0.303 e. The van der Waals surface area contributed by atoms with E-state index in [-0.39, 0.29) is 12.3 Å². The Kier molecular flexibility index (Phi) is 7.76. The fourth-order valence-corrected chi connectivity index (χ4v) is 5.22. The van der Waals surface area contributed by atoms with E-state index in [0.717, 1.165) is 36.0 Å². The molecule has 2 N–H and O–H groups in total. The zero-order valence-electron chi connectivity index (χ0n) is 20.6. The molecule has 2 atom stereocenters. The van der Waals surface area contributed by atoms with Gasteiger partial charge in [0.05, 0.1) is 26.5 Å². The molecule has 0 unspecified atom stereocenters. The lowest BCUT2D eigenvalue weighted by Crippen LogP contribution is -2.23. The normalized spacial score (nSPS) is 15.0. The van der Waals surface area contributed by atoms with E-state index in [1.165, 1.54) is 11.1 Å². The highest BCUT2D eigenvalue weighted by molar-refractivity contribution is 5.67. The smallest absolute Gasteiger partial charge is 0.303 e. The van der Waals surface area contributed by atoms with Gasteiger partial charge in [0.1, 0.15) is 11.5 Å². The zero-order valence-corrected chi connectivity index (χ0v) is 20.6. The zero-order chi connectivity index (χ0) is 24.9. The Bertz CT molecular complexity index is 1120. The molecule has 0 radical (unpaired) electrons. The minimum atomic E-state index is -0.825. The Morgan fingerprint density at radius 1 is 1.14 bits per heavy atom. The highest BCUT2D eigenvalue weighted by atomic mass is 16.5. The minimum absolute atomic E-state index is 0.0705. The molecule has 0 spiro atoms. The number of aliphatic hydroxyl groups is 1. The van der Waals surface area contributed by atoms with E-state index in [2.05, 4.69) is 29.4 Å². The molecule has 0 amide bonds. The lowest BCUT2D eigenvalue weighted by atomic mass is 9.85. The Hall–Kier alpha value is -3.32. The number of carbonyl (C=O) groups is 1. The standard InChI is InChI=1S/C28H34N2O5/c1-18-25(34-2)13-23(14-26(18)35-3)28(33)24(12-20-10-21-6-4-5-7-22(21)11-20)17-30-16-19(15-29-30)8-9-27(31)32/h4-7,13-16,20,24,28,33H,8-12,17H2,1-3H3,(H,31,32)/t24-,28+/m0/s1. The van der Waals surface area contributed by atoms with Gasteiger partial charge < -0.3 is 19.7 Å². The summed E-state index contributed by atoms with van der Waals surface area (Å²) in [5.41, 5.74) is 5.30. The van der Waals surface area contributed by atoms with Gasteiger partial charge >= 0.3 is 5.97 Å². The Labute approximate surface area is 206 Å². The molecular formula is C28H34N2O5. The number of aryl methyl sites for hydroxylation is 1. The molecule has 186 valence electrons. The van der Waals surface area contributed by atoms with Gasteiger partial charge in [-0.1, -0.05) is 24.3 Å². The molecule has 0 bridgehead atoms. The minimum Gasteiger partial charge on any atom is -0.496 e. The van der Waals surface area contributed by atoms with Crippen LogP contribution in [-0.4, -0.2) is 40.2 Å². The molecule has 0 saturated heterocycles. The molecule has 0 fully saturated rings. The van der Waals surface area contributed by atoms with Crippen molar-refractivity contribution in [2.24, 2.45) is 11.8 Å². The highest BCUT2D eigenvalue weighted by Gasteiger charge is 2.30. The van der Waals surface area contributed by atoms with Gasteiger partial charge in [0.2, 0.25) is 0 Å². The second-order valence-corrected chi connectivity index (χ2v) is 9.50. The van der Waals surface area contributed by atoms with Gasteiger partial charge in [-0.2, -0.15) is 5.10 Å². The number of aromatic nitrogens is 2. The third-order valence-corrected chi connectivity index (χ3v) is 7.07. The fraction of sp³-hybridized carbons (Fsp3) is 0.429. The van der Waals surface area contributed by atoms with E-state index >= 15 is 0 Å². The van der Waals surface area contributed by atoms with E-state index in [1.54, 1.807) is 20.4 Å². The predicted octanol–water partition coefficient (Wildman–Crippen LogP) is 4.38. The number of rotatable bonds is 11. The summed E-state index contributed by atoms with van der Waals surface area (Å²) >= 11 is 0. The Morgan fingerprint density at radius 3 is 2.34 bits per heavy atom. The molecule has 1 aromatic heterocycles. The summed E-state index contributed by atoms with van der Waals surface area (Å²) in [6, 6.07) is 12.3. The van der Waals surface area contributed by atoms with Crippen LogP contribution in [0.3, 0.4) is 0 Å². The average molecular weight is 479 g/mol. The van der Waals surface area contributed by atoms with Crippen molar-refractivity contribution in [1.82, 2.24) is 9.78 Å². The second kappa shape index (κ2) is 11.0. The third-order valence-electron chi connectivity index (χ3n) is 7.07. The van der Waals surface area contributed by atoms with Crippen LogP contribution in [-0.2, 0) is 30.6 Å². The molecule has 1 aliphatic rings. The van der Waals surface area contributed by atoms with Crippen molar-refractivity contribution >= 4 is 5.97 Å². The van der Waals surface area contributed by atoms with E-state index in [0.29, 0.717) is 30.4 Å². The summed E-state index contributed by atoms with van der Waals surface area (Å²) in [6.07, 6.45) is 6.21. The monoisotopic (exact) mass is 478 g/mol. The van der Waals surface area contributed by atoms with Crippen molar-refractivity contribution in [2.45, 2.75) is 51.7 Å². The van der Waals surface area contributed by atoms with E-state index in [4.69, 9.17) is 14.6 Å². The first kappa shape index (κ1) is 24.8. The molecular weight excluding hydrogens is 444 g/mol. The second-order valence-electron chi connectivity index (χ2n) is 9.50. The van der Waals surface area contributed by atoms with Crippen molar-refractivity contribution in [1.29, 1.82) is 0 Å². The number of nitrogens with zero attached hydrogens (tertiary/aromatic N) is 2. The summed E-state index contributed by atoms with van der Waals surface area (Å²) in [5, 5.41) is 25.1. The topological polar surface area (TPSA) is 93.8 Å². The van der Waals surface area contributed by atoms with Crippen molar-refractivity contribution in [3.05, 3.63) is 76.6 Å². The van der Waals surface area contributed by atoms with Gasteiger partial charge in [-0.05, 0) is 72.9 Å². The van der Waals surface area contributed by atoms with Crippen molar-refractivity contribution in [3.8, 4) is 11.5 Å². The van der Waals surface area contributed by atoms with E-state index < -0.39 is 12.1 Å². The van der Waals surface area contributed by atoms with E-state index in [1.807, 2.05) is 29.9 Å². The van der Waals surface area contributed by atoms with Gasteiger partial charge in [-0.25, -0.2) is 0 Å². The number of carboxylic acids is 1. The average Bonchev–Trinajstić information content (AvgIpc) is 3.48. The molecule has 35 heavy (non-hydrogen) atoms. The molecule has 0 saturated carbocycles. The number of fused-ring (bicyclic) bond motifs is 1. The maximum absolute atomic E-state index is 11.6. The highest BCUT2D eigenvalue weighted by Crippen LogP contribution is 2.39. The lowest BCUT2D eigenvalue weighted by molar-refractivity contribution is -0.136. The first-order valence-corrected chi connectivity index (χ1v) is 12.1. The lowest BCUT2D eigenvalue weighted by Gasteiger charge is -2.27. The number of aliphatic carboxylic acids is 1. The number of methoxy groups -OCH3 is 2. The largest absolute Gasteiger partial charge is 0.496 e. The van der Waals surface area contributed by atoms with Gasteiger partial charge in [-0.3, -0.25) is 9.48 Å². The van der Waals surface area contributed by atoms with Gasteiger partial charge in [-0.15, -0.1) is 0 Å². The first-order chi connectivity index (χ1) is 16.9. The summed E-state index contributed by atoms with van der Waals surface area (Å²) in [7, 11) is 3.24. The summed E-state index contributed by atoms with van der Waals surface area (Å²) in [6.45, 7) is 2.46. The van der Waals surface area contributed by atoms with Crippen LogP contribution in [0.25, 0.3) is 0 Å². The van der Waals surface area contributed by atoms with Crippen LogP contribution in [0.4, 0.5) is 0 Å². The van der Waals surface area contributed by atoms with Gasteiger partial charge in [0, 0.05) is 30.6 Å².